The lowest BCUT2D eigenvalue weighted by Crippen LogP contribution is -2.35. The van der Waals surface area contributed by atoms with Crippen LogP contribution in [0.5, 0.6) is 0 Å². The summed E-state index contributed by atoms with van der Waals surface area (Å²) in [6.45, 7) is 4.44. The first-order chi connectivity index (χ1) is 13.4. The minimum absolute atomic E-state index is 0.0417. The Kier molecular flexibility index (Phi) is 7.78. The van der Waals surface area contributed by atoms with Crippen LogP contribution in [0.25, 0.3) is 0 Å². The number of ether oxygens (including phenoxy) is 2. The second kappa shape index (κ2) is 10.1. The molecule has 1 aromatic carbocycles. The van der Waals surface area contributed by atoms with E-state index in [0.717, 1.165) is 5.56 Å². The summed E-state index contributed by atoms with van der Waals surface area (Å²) < 4.78 is 10.1. The van der Waals surface area contributed by atoms with Gasteiger partial charge < -0.3 is 24.7 Å². The van der Waals surface area contributed by atoms with E-state index < -0.39 is 5.97 Å². The summed E-state index contributed by atoms with van der Waals surface area (Å²) in [6, 6.07) is 10.0. The topological polar surface area (TPSA) is 83.7 Å². The van der Waals surface area contributed by atoms with Crippen LogP contribution in [0, 0.1) is 13.8 Å². The number of nitrogens with zero attached hydrogens (tertiary/aromatic N) is 1. The number of benzene rings is 1. The van der Waals surface area contributed by atoms with Crippen molar-refractivity contribution in [2.45, 2.75) is 19.9 Å². The fourth-order valence-electron chi connectivity index (χ4n) is 3.12. The Morgan fingerprint density at radius 1 is 1.14 bits per heavy atom. The number of esters is 1. The van der Waals surface area contributed by atoms with Crippen LogP contribution in [0.4, 0.5) is 0 Å². The van der Waals surface area contributed by atoms with Gasteiger partial charge in [-0.25, -0.2) is 4.79 Å². The van der Waals surface area contributed by atoms with Gasteiger partial charge in [0, 0.05) is 19.3 Å². The summed E-state index contributed by atoms with van der Waals surface area (Å²) in [4.78, 5) is 30.1. The van der Waals surface area contributed by atoms with Crippen LogP contribution < -0.4 is 5.32 Å². The standard InChI is InChI=1S/C21H29N3O4/c1-14-18(21(26)28-12-11-27-5)15(2)23-19(14)20(25)22-13-17(24(3)4)16-9-7-6-8-10-16/h6-10,17,23H,11-13H2,1-5H3,(H,22,25). The molecule has 2 aromatic rings. The Morgan fingerprint density at radius 2 is 1.82 bits per heavy atom. The molecule has 0 fully saturated rings. The van der Waals surface area contributed by atoms with Crippen LogP contribution in [-0.4, -0.2) is 62.7 Å². The third-order valence-corrected chi connectivity index (χ3v) is 4.65. The van der Waals surface area contributed by atoms with Gasteiger partial charge in [0.15, 0.2) is 0 Å². The molecule has 1 atom stereocenters. The minimum atomic E-state index is -0.460. The maximum Gasteiger partial charge on any atom is 0.340 e. The average Bonchev–Trinajstić information content (AvgIpc) is 2.97. The number of aromatic nitrogens is 1. The Morgan fingerprint density at radius 3 is 2.43 bits per heavy atom. The molecule has 0 saturated heterocycles. The Bertz CT molecular complexity index is 799. The van der Waals surface area contributed by atoms with E-state index in [9.17, 15) is 9.59 Å². The normalized spacial score (nSPS) is 12.1. The number of likely N-dealkylation sites (N-methyl/N-ethyl adjacent to an activating group) is 1. The van der Waals surface area contributed by atoms with Crippen LogP contribution >= 0.6 is 0 Å². The molecule has 0 bridgehead atoms. The number of carbonyl (C=O) groups is 2. The third kappa shape index (κ3) is 5.21. The fourth-order valence-corrected chi connectivity index (χ4v) is 3.12. The molecule has 0 saturated carbocycles. The van der Waals surface area contributed by atoms with E-state index in [1.807, 2.05) is 44.4 Å². The first-order valence-corrected chi connectivity index (χ1v) is 9.21. The van der Waals surface area contributed by atoms with Crippen molar-refractivity contribution in [2.24, 2.45) is 0 Å². The van der Waals surface area contributed by atoms with Gasteiger partial charge in [-0.15, -0.1) is 0 Å². The highest BCUT2D eigenvalue weighted by Crippen LogP contribution is 2.20. The molecule has 1 unspecified atom stereocenters. The average molecular weight is 387 g/mol. The molecule has 1 amide bonds. The summed E-state index contributed by atoms with van der Waals surface area (Å²) in [5.74, 6) is -0.711. The highest BCUT2D eigenvalue weighted by molar-refractivity contribution is 6.00. The van der Waals surface area contributed by atoms with Crippen LogP contribution in [0.1, 0.15) is 43.7 Å². The molecule has 2 N–H and O–H groups in total. The minimum Gasteiger partial charge on any atom is -0.460 e. The number of carbonyl (C=O) groups excluding carboxylic acids is 2. The van der Waals surface area contributed by atoms with Crippen molar-refractivity contribution in [3.8, 4) is 0 Å². The van der Waals surface area contributed by atoms with E-state index in [1.165, 1.54) is 0 Å². The lowest BCUT2D eigenvalue weighted by molar-refractivity contribution is 0.0387. The molecular formula is C21H29N3O4. The van der Waals surface area contributed by atoms with Gasteiger partial charge in [0.25, 0.3) is 5.91 Å². The number of hydrogen-bond donors (Lipinski definition) is 2. The monoisotopic (exact) mass is 387 g/mol. The number of hydrogen-bond acceptors (Lipinski definition) is 5. The maximum atomic E-state index is 12.7. The van der Waals surface area contributed by atoms with E-state index in [1.54, 1.807) is 21.0 Å². The highest BCUT2D eigenvalue weighted by Gasteiger charge is 2.24. The molecule has 7 nitrogen and oxygen atoms in total. The number of H-pyrrole nitrogens is 1. The molecule has 0 aliphatic carbocycles. The fraction of sp³-hybridized carbons (Fsp3) is 0.429. The Balaban J connectivity index is 2.10. The van der Waals surface area contributed by atoms with Gasteiger partial charge in [0.05, 0.1) is 18.2 Å². The van der Waals surface area contributed by atoms with Gasteiger partial charge in [-0.2, -0.15) is 0 Å². The summed E-state index contributed by atoms with van der Waals surface area (Å²) in [7, 11) is 5.49. The van der Waals surface area contributed by atoms with Crippen LogP contribution in [0.3, 0.4) is 0 Å². The number of nitrogens with one attached hydrogen (secondary N) is 2. The molecule has 0 aliphatic heterocycles. The van der Waals surface area contributed by atoms with Crippen LogP contribution in [0.15, 0.2) is 30.3 Å². The van der Waals surface area contributed by atoms with Gasteiger partial charge >= 0.3 is 5.97 Å². The van der Waals surface area contributed by atoms with Crippen molar-refractivity contribution >= 4 is 11.9 Å². The first kappa shape index (κ1) is 21.7. The molecule has 0 spiro atoms. The maximum absolute atomic E-state index is 12.7. The molecule has 2 rings (SSSR count). The SMILES string of the molecule is COCCOC(=O)c1c(C)[nH]c(C(=O)NCC(c2ccccc2)N(C)C)c1C. The van der Waals surface area contributed by atoms with Crippen molar-refractivity contribution in [3.05, 3.63) is 58.4 Å². The highest BCUT2D eigenvalue weighted by atomic mass is 16.6. The number of rotatable bonds is 9. The lowest BCUT2D eigenvalue weighted by atomic mass is 10.1. The van der Waals surface area contributed by atoms with E-state index in [0.29, 0.717) is 35.7 Å². The van der Waals surface area contributed by atoms with Gasteiger partial charge in [0.1, 0.15) is 12.3 Å². The zero-order valence-electron chi connectivity index (χ0n) is 17.2. The molecule has 0 radical (unpaired) electrons. The molecule has 0 aliphatic rings. The van der Waals surface area contributed by atoms with Crippen molar-refractivity contribution in [2.75, 3.05) is 41.0 Å². The lowest BCUT2D eigenvalue weighted by Gasteiger charge is -2.25. The summed E-state index contributed by atoms with van der Waals surface area (Å²) in [6.07, 6.45) is 0. The molecule has 28 heavy (non-hydrogen) atoms. The van der Waals surface area contributed by atoms with E-state index in [2.05, 4.69) is 15.2 Å². The first-order valence-electron chi connectivity index (χ1n) is 9.21. The van der Waals surface area contributed by atoms with Gasteiger partial charge in [0.2, 0.25) is 0 Å². The molecule has 1 heterocycles. The van der Waals surface area contributed by atoms with Crippen molar-refractivity contribution in [3.63, 3.8) is 0 Å². The zero-order valence-corrected chi connectivity index (χ0v) is 17.2. The summed E-state index contributed by atoms with van der Waals surface area (Å²) in [5.41, 5.74) is 3.08. The zero-order chi connectivity index (χ0) is 20.7. The van der Waals surface area contributed by atoms with Crippen molar-refractivity contribution < 1.29 is 19.1 Å². The molecular weight excluding hydrogens is 358 g/mol. The molecule has 1 aromatic heterocycles. The van der Waals surface area contributed by atoms with E-state index in [-0.39, 0.29) is 18.6 Å². The van der Waals surface area contributed by atoms with Crippen LogP contribution in [0.2, 0.25) is 0 Å². The van der Waals surface area contributed by atoms with E-state index >= 15 is 0 Å². The summed E-state index contributed by atoms with van der Waals surface area (Å²) in [5, 5.41) is 2.97. The van der Waals surface area contributed by atoms with Crippen LogP contribution in [-0.2, 0) is 9.47 Å². The molecule has 152 valence electrons. The largest absolute Gasteiger partial charge is 0.460 e. The predicted molar refractivity (Wildman–Crippen MR) is 108 cm³/mol. The smallest absolute Gasteiger partial charge is 0.340 e. The summed E-state index contributed by atoms with van der Waals surface area (Å²) >= 11 is 0. The number of aryl methyl sites for hydroxylation is 1. The Hall–Kier alpha value is -2.64. The Labute approximate surface area is 166 Å². The van der Waals surface area contributed by atoms with E-state index in [4.69, 9.17) is 9.47 Å². The van der Waals surface area contributed by atoms with Crippen molar-refractivity contribution in [1.82, 2.24) is 15.2 Å². The second-order valence-corrected chi connectivity index (χ2v) is 6.85. The van der Waals surface area contributed by atoms with Gasteiger partial charge in [-0.1, -0.05) is 30.3 Å². The number of methoxy groups -OCH3 is 1. The second-order valence-electron chi connectivity index (χ2n) is 6.85. The third-order valence-electron chi connectivity index (χ3n) is 4.65. The number of amides is 1. The molecule has 7 heteroatoms. The van der Waals surface area contributed by atoms with Gasteiger partial charge in [-0.05, 0) is 39.1 Å². The van der Waals surface area contributed by atoms with Gasteiger partial charge in [-0.3, -0.25) is 4.79 Å². The predicted octanol–water partition coefficient (Wildman–Crippen LogP) is 2.47. The number of aromatic amines is 1. The van der Waals surface area contributed by atoms with Crippen molar-refractivity contribution in [1.29, 1.82) is 0 Å². The quantitative estimate of drug-likeness (QED) is 0.510.